The average molecular weight is 402 g/mol. The Morgan fingerprint density at radius 1 is 1.32 bits per heavy atom. The Kier molecular flexibility index (Phi) is 8.88. The molecule has 0 fully saturated rings. The Morgan fingerprint density at radius 2 is 2.00 bits per heavy atom. The van der Waals surface area contributed by atoms with Crippen LogP contribution < -0.4 is 10.6 Å². The molecule has 0 bridgehead atoms. The molecule has 144 valence electrons. The van der Waals surface area contributed by atoms with Crippen LogP contribution in [0.25, 0.3) is 0 Å². The second kappa shape index (κ2) is 10.1. The molecule has 0 radical (unpaired) electrons. The number of rotatable bonds is 8. The fourth-order valence-electron chi connectivity index (χ4n) is 2.18. The van der Waals surface area contributed by atoms with Crippen LogP contribution in [0.3, 0.4) is 0 Å². The normalized spacial score (nSPS) is 12.8. The van der Waals surface area contributed by atoms with Gasteiger partial charge in [-0.25, -0.2) is 4.99 Å². The van der Waals surface area contributed by atoms with E-state index in [9.17, 15) is 13.2 Å². The van der Waals surface area contributed by atoms with Gasteiger partial charge in [0.2, 0.25) is 0 Å². The van der Waals surface area contributed by atoms with E-state index in [0.29, 0.717) is 48.7 Å². The predicted molar refractivity (Wildman–Crippen MR) is 96.4 cm³/mol. The monoisotopic (exact) mass is 401 g/mol. The molecular weight excluding hydrogens is 378 g/mol. The molecule has 1 heterocycles. The maximum absolute atomic E-state index is 12.3. The van der Waals surface area contributed by atoms with Gasteiger partial charge in [0.1, 0.15) is 5.15 Å². The average Bonchev–Trinajstić information content (AvgIpc) is 2.74. The van der Waals surface area contributed by atoms with Gasteiger partial charge in [-0.2, -0.15) is 13.2 Å². The molecule has 1 rings (SSSR count). The van der Waals surface area contributed by atoms with Crippen molar-refractivity contribution in [2.45, 2.75) is 26.1 Å². The van der Waals surface area contributed by atoms with Crippen LogP contribution in [0.4, 0.5) is 13.2 Å². The van der Waals surface area contributed by atoms with E-state index in [2.05, 4.69) is 15.6 Å². The lowest BCUT2D eigenvalue weighted by Crippen LogP contribution is -2.39. The minimum Gasteiger partial charge on any atom is -0.357 e. The third-order valence-electron chi connectivity index (χ3n) is 3.42. The van der Waals surface area contributed by atoms with E-state index < -0.39 is 12.7 Å². The number of guanidine groups is 1. The van der Waals surface area contributed by atoms with Crippen molar-refractivity contribution in [3.05, 3.63) is 21.9 Å². The van der Waals surface area contributed by atoms with Crippen LogP contribution in [-0.2, 0) is 13.6 Å². The Labute approximate surface area is 156 Å². The van der Waals surface area contributed by atoms with Crippen molar-refractivity contribution in [2.75, 3.05) is 33.2 Å². The van der Waals surface area contributed by atoms with Gasteiger partial charge < -0.3 is 15.2 Å². The summed E-state index contributed by atoms with van der Waals surface area (Å²) < 4.78 is 38.5. The lowest BCUT2D eigenvalue weighted by Gasteiger charge is -2.19. The van der Waals surface area contributed by atoms with E-state index in [1.54, 1.807) is 17.7 Å². The molecule has 0 spiro atoms. The van der Waals surface area contributed by atoms with Crippen molar-refractivity contribution < 1.29 is 13.2 Å². The summed E-state index contributed by atoms with van der Waals surface area (Å²) in [6.07, 6.45) is -3.60. The van der Waals surface area contributed by atoms with Gasteiger partial charge in [0.15, 0.2) is 5.96 Å². The van der Waals surface area contributed by atoms with E-state index in [1.807, 2.05) is 6.92 Å². The van der Waals surface area contributed by atoms with Crippen molar-refractivity contribution in [3.63, 3.8) is 0 Å². The summed E-state index contributed by atoms with van der Waals surface area (Å²) in [7, 11) is 3.26. The summed E-state index contributed by atoms with van der Waals surface area (Å²) in [4.78, 5) is 5.69. The molecule has 1 aromatic rings. The Balaban J connectivity index is 2.47. The third-order valence-corrected chi connectivity index (χ3v) is 4.26. The molecule has 0 atom stereocenters. The van der Waals surface area contributed by atoms with E-state index in [-0.39, 0.29) is 0 Å². The molecule has 10 heteroatoms. The Bertz CT molecular complexity index is 572. The van der Waals surface area contributed by atoms with Gasteiger partial charge in [0.25, 0.3) is 0 Å². The van der Waals surface area contributed by atoms with Gasteiger partial charge >= 0.3 is 6.18 Å². The lowest BCUT2D eigenvalue weighted by molar-refractivity contribution is -0.143. The number of alkyl halides is 3. The molecule has 2 N–H and O–H groups in total. The number of nitrogens with one attached hydrogen (secondary N) is 2. The first kappa shape index (κ1) is 21.9. The van der Waals surface area contributed by atoms with Crippen molar-refractivity contribution >= 4 is 29.2 Å². The van der Waals surface area contributed by atoms with Gasteiger partial charge in [0, 0.05) is 25.8 Å². The molecule has 0 unspecified atom stereocenters. The fraction of sp³-hybridized carbons (Fsp3) is 0.667. The van der Waals surface area contributed by atoms with Crippen LogP contribution in [0.5, 0.6) is 0 Å². The van der Waals surface area contributed by atoms with Gasteiger partial charge in [0.05, 0.1) is 18.1 Å². The molecule has 0 amide bonds. The highest BCUT2D eigenvalue weighted by Crippen LogP contribution is 2.25. The zero-order chi connectivity index (χ0) is 19.0. The highest BCUT2D eigenvalue weighted by molar-refractivity contribution is 6.41. The van der Waals surface area contributed by atoms with Gasteiger partial charge in [-0.05, 0) is 33.0 Å². The lowest BCUT2D eigenvalue weighted by atomic mass is 10.4. The van der Waals surface area contributed by atoms with E-state index >= 15 is 0 Å². The molecular formula is C15H24Cl2F3N5. The largest absolute Gasteiger partial charge is 0.401 e. The summed E-state index contributed by atoms with van der Waals surface area (Å²) in [5.41, 5.74) is 0.858. The summed E-state index contributed by atoms with van der Waals surface area (Å²) in [5, 5.41) is 7.12. The maximum atomic E-state index is 12.3. The molecule has 5 nitrogen and oxygen atoms in total. The smallest absolute Gasteiger partial charge is 0.357 e. The maximum Gasteiger partial charge on any atom is 0.401 e. The zero-order valence-electron chi connectivity index (χ0n) is 14.6. The molecule has 25 heavy (non-hydrogen) atoms. The predicted octanol–water partition coefficient (Wildman–Crippen LogP) is 3.27. The van der Waals surface area contributed by atoms with E-state index in [0.717, 1.165) is 5.69 Å². The van der Waals surface area contributed by atoms with Crippen LogP contribution in [0.2, 0.25) is 10.2 Å². The van der Waals surface area contributed by atoms with Crippen LogP contribution in [0.15, 0.2) is 11.1 Å². The molecule has 0 aliphatic carbocycles. The van der Waals surface area contributed by atoms with Crippen LogP contribution in [0.1, 0.15) is 19.0 Å². The van der Waals surface area contributed by atoms with Crippen LogP contribution in [-0.4, -0.2) is 54.8 Å². The third kappa shape index (κ3) is 8.20. The first-order valence-electron chi connectivity index (χ1n) is 7.91. The first-order valence-corrected chi connectivity index (χ1v) is 8.66. The van der Waals surface area contributed by atoms with Crippen molar-refractivity contribution in [1.29, 1.82) is 0 Å². The van der Waals surface area contributed by atoms with Gasteiger partial charge in [-0.3, -0.25) is 4.90 Å². The quantitative estimate of drug-likeness (QED) is 0.399. The van der Waals surface area contributed by atoms with Gasteiger partial charge in [-0.15, -0.1) is 0 Å². The van der Waals surface area contributed by atoms with E-state index in [1.165, 1.54) is 11.9 Å². The summed E-state index contributed by atoms with van der Waals surface area (Å²) >= 11 is 12.0. The second-order valence-corrected chi connectivity index (χ2v) is 6.43. The number of halogens is 5. The molecule has 0 aliphatic rings. The number of aliphatic imine (C=N–C) groups is 1. The first-order chi connectivity index (χ1) is 11.6. The standard InChI is InChI=1S/C15H24Cl2F3N5/c1-4-21-14(22-6-5-7-24(2)10-15(18,19)20)23-9-11-8-12(16)13(17)25(11)3/h8H,4-7,9-10H2,1-3H3,(H2,21,22,23). The fourth-order valence-corrected chi connectivity index (χ4v) is 2.60. The summed E-state index contributed by atoms with van der Waals surface area (Å²) in [6.45, 7) is 2.94. The van der Waals surface area contributed by atoms with Crippen LogP contribution in [0, 0.1) is 0 Å². The summed E-state index contributed by atoms with van der Waals surface area (Å²) in [6, 6.07) is 1.75. The number of hydrogen-bond acceptors (Lipinski definition) is 2. The molecule has 0 saturated carbocycles. The van der Waals surface area contributed by atoms with Crippen molar-refractivity contribution in [1.82, 2.24) is 20.1 Å². The topological polar surface area (TPSA) is 44.6 Å². The zero-order valence-corrected chi connectivity index (χ0v) is 16.1. The number of hydrogen-bond donors (Lipinski definition) is 2. The van der Waals surface area contributed by atoms with Gasteiger partial charge in [-0.1, -0.05) is 23.2 Å². The molecule has 0 saturated heterocycles. The van der Waals surface area contributed by atoms with Crippen molar-refractivity contribution in [2.24, 2.45) is 12.0 Å². The Morgan fingerprint density at radius 3 is 2.52 bits per heavy atom. The second-order valence-electron chi connectivity index (χ2n) is 5.66. The van der Waals surface area contributed by atoms with Crippen LogP contribution >= 0.6 is 23.2 Å². The van der Waals surface area contributed by atoms with Crippen molar-refractivity contribution in [3.8, 4) is 0 Å². The highest BCUT2D eigenvalue weighted by Gasteiger charge is 2.28. The molecule has 1 aromatic heterocycles. The Hall–Kier alpha value is -1.12. The molecule has 0 aromatic carbocycles. The number of nitrogens with zero attached hydrogens (tertiary/aromatic N) is 3. The van der Waals surface area contributed by atoms with E-state index in [4.69, 9.17) is 23.2 Å². The molecule has 0 aliphatic heterocycles. The highest BCUT2D eigenvalue weighted by atomic mass is 35.5. The summed E-state index contributed by atoms with van der Waals surface area (Å²) in [5.74, 6) is 0.592. The SMILES string of the molecule is CCNC(=NCc1cc(Cl)c(Cl)n1C)NCCCN(C)CC(F)(F)F. The minimum atomic E-state index is -4.17. The minimum absolute atomic E-state index is 0.342. The number of aromatic nitrogens is 1.